The summed E-state index contributed by atoms with van der Waals surface area (Å²) in [6, 6.07) is 14.3. The lowest BCUT2D eigenvalue weighted by Crippen LogP contribution is -2.32. The number of hydrogen-bond donors (Lipinski definition) is 0. The molecule has 4 atom stereocenters. The highest BCUT2D eigenvalue weighted by atomic mass is 16.7. The largest absolute Gasteiger partial charge is 0.445 e. The molecule has 188 valence electrons. The standard InChI is InChI=1S/C32H43NO2/c1-8-11-22(3)19-24(5)23(4)15-17-27(12-9-2)28-13-10-14-30-31(28)35-32(7,34-30)29-18-16-26(21-33)20-25(29)6/h10-11,13-14,16,18,20,23-24,27H,8-9,12,15,17,19H2,1-7H3/b22-11-. The van der Waals surface area contributed by atoms with E-state index in [1.807, 2.05) is 38.1 Å². The number of allylic oxidation sites excluding steroid dienone is 2. The zero-order chi connectivity index (χ0) is 25.6. The summed E-state index contributed by atoms with van der Waals surface area (Å²) in [6.45, 7) is 15.5. The molecular weight excluding hydrogens is 430 g/mol. The molecule has 1 heterocycles. The number of rotatable bonds is 11. The predicted molar refractivity (Wildman–Crippen MR) is 145 cm³/mol. The van der Waals surface area contributed by atoms with E-state index in [0.717, 1.165) is 48.3 Å². The maximum absolute atomic E-state index is 9.25. The number of nitrogens with zero attached hydrogens (tertiary/aromatic N) is 1. The molecule has 0 amide bonds. The van der Waals surface area contributed by atoms with Crippen LogP contribution in [0.5, 0.6) is 11.5 Å². The van der Waals surface area contributed by atoms with Gasteiger partial charge in [0.1, 0.15) is 0 Å². The number of aryl methyl sites for hydroxylation is 1. The first-order valence-electron chi connectivity index (χ1n) is 13.4. The summed E-state index contributed by atoms with van der Waals surface area (Å²) in [5, 5.41) is 9.25. The maximum Gasteiger partial charge on any atom is 0.275 e. The molecule has 2 aromatic carbocycles. The highest BCUT2D eigenvalue weighted by molar-refractivity contribution is 5.52. The molecule has 0 radical (unpaired) electrons. The summed E-state index contributed by atoms with van der Waals surface area (Å²) >= 11 is 0. The van der Waals surface area contributed by atoms with Crippen molar-refractivity contribution in [3.8, 4) is 17.6 Å². The van der Waals surface area contributed by atoms with Crippen molar-refractivity contribution in [2.45, 2.75) is 98.7 Å². The van der Waals surface area contributed by atoms with Gasteiger partial charge >= 0.3 is 0 Å². The van der Waals surface area contributed by atoms with E-state index >= 15 is 0 Å². The van der Waals surface area contributed by atoms with E-state index in [0.29, 0.717) is 23.3 Å². The third-order valence-electron chi connectivity index (χ3n) is 7.67. The fourth-order valence-corrected chi connectivity index (χ4v) is 5.52. The van der Waals surface area contributed by atoms with Gasteiger partial charge in [0.15, 0.2) is 11.5 Å². The van der Waals surface area contributed by atoms with E-state index < -0.39 is 5.79 Å². The summed E-state index contributed by atoms with van der Waals surface area (Å²) in [4.78, 5) is 0. The minimum Gasteiger partial charge on any atom is -0.445 e. The second-order valence-electron chi connectivity index (χ2n) is 10.6. The van der Waals surface area contributed by atoms with E-state index in [2.05, 4.69) is 58.9 Å². The van der Waals surface area contributed by atoms with Crippen LogP contribution in [-0.2, 0) is 5.79 Å². The SMILES string of the molecule is CC/C=C(/C)CC(C)C(C)CCC(CCC)c1cccc2c1OC(C)(c1ccc(C#N)cc1C)O2. The first-order chi connectivity index (χ1) is 16.7. The van der Waals surface area contributed by atoms with Crippen molar-refractivity contribution in [2.75, 3.05) is 0 Å². The van der Waals surface area contributed by atoms with Gasteiger partial charge in [0.2, 0.25) is 0 Å². The number of para-hydroxylation sites is 1. The molecular formula is C32H43NO2. The van der Waals surface area contributed by atoms with Crippen LogP contribution in [0.2, 0.25) is 0 Å². The van der Waals surface area contributed by atoms with Crippen LogP contribution in [0, 0.1) is 30.1 Å². The fraction of sp³-hybridized carbons (Fsp3) is 0.531. The molecule has 35 heavy (non-hydrogen) atoms. The molecule has 2 aromatic rings. The first kappa shape index (κ1) is 26.9. The number of nitriles is 1. The Bertz CT molecular complexity index is 1080. The highest BCUT2D eigenvalue weighted by Gasteiger charge is 2.41. The Morgan fingerprint density at radius 3 is 2.49 bits per heavy atom. The van der Waals surface area contributed by atoms with Gasteiger partial charge in [-0.2, -0.15) is 5.26 Å². The van der Waals surface area contributed by atoms with Crippen LogP contribution >= 0.6 is 0 Å². The number of benzene rings is 2. The van der Waals surface area contributed by atoms with Crippen molar-refractivity contribution in [3.63, 3.8) is 0 Å². The molecule has 0 saturated carbocycles. The lowest BCUT2D eigenvalue weighted by molar-refractivity contribution is -0.0689. The van der Waals surface area contributed by atoms with Crippen molar-refractivity contribution < 1.29 is 9.47 Å². The van der Waals surface area contributed by atoms with Gasteiger partial charge in [-0.25, -0.2) is 0 Å². The van der Waals surface area contributed by atoms with Crippen molar-refractivity contribution in [1.82, 2.24) is 0 Å². The van der Waals surface area contributed by atoms with Crippen LogP contribution in [0.1, 0.15) is 108 Å². The van der Waals surface area contributed by atoms with Gasteiger partial charge in [0, 0.05) is 18.1 Å². The van der Waals surface area contributed by atoms with Crippen molar-refractivity contribution in [2.24, 2.45) is 11.8 Å². The Labute approximate surface area is 213 Å². The number of ether oxygens (including phenoxy) is 2. The lowest BCUT2D eigenvalue weighted by atomic mass is 9.82. The summed E-state index contributed by atoms with van der Waals surface area (Å²) < 4.78 is 13.0. The number of hydrogen-bond acceptors (Lipinski definition) is 3. The Hall–Kier alpha value is -2.73. The molecule has 3 rings (SSSR count). The molecule has 0 spiro atoms. The van der Waals surface area contributed by atoms with Crippen molar-refractivity contribution in [1.29, 1.82) is 5.26 Å². The Kier molecular flexibility index (Phi) is 9.06. The van der Waals surface area contributed by atoms with Gasteiger partial charge in [0.25, 0.3) is 5.79 Å². The second-order valence-corrected chi connectivity index (χ2v) is 10.6. The zero-order valence-electron chi connectivity index (χ0n) is 22.8. The first-order valence-corrected chi connectivity index (χ1v) is 13.4. The van der Waals surface area contributed by atoms with E-state index in [-0.39, 0.29) is 0 Å². The predicted octanol–water partition coefficient (Wildman–Crippen LogP) is 9.19. The van der Waals surface area contributed by atoms with Crippen molar-refractivity contribution >= 4 is 0 Å². The van der Waals surface area contributed by atoms with Crippen molar-refractivity contribution in [3.05, 3.63) is 70.3 Å². The van der Waals surface area contributed by atoms with Gasteiger partial charge in [-0.05, 0) is 93.5 Å². The lowest BCUT2D eigenvalue weighted by Gasteiger charge is -2.26. The van der Waals surface area contributed by atoms with Gasteiger partial charge in [0.05, 0.1) is 11.6 Å². The monoisotopic (exact) mass is 473 g/mol. The fourth-order valence-electron chi connectivity index (χ4n) is 5.52. The van der Waals surface area contributed by atoms with Gasteiger partial charge in [-0.1, -0.05) is 57.9 Å². The van der Waals surface area contributed by atoms with E-state index in [4.69, 9.17) is 9.47 Å². The van der Waals surface area contributed by atoms with Crippen LogP contribution < -0.4 is 9.47 Å². The summed E-state index contributed by atoms with van der Waals surface area (Å²) in [5.41, 5.74) is 5.39. The maximum atomic E-state index is 9.25. The normalized spacial score (nSPS) is 19.8. The average Bonchev–Trinajstić information content (AvgIpc) is 3.18. The minimum absolute atomic E-state index is 0.449. The summed E-state index contributed by atoms with van der Waals surface area (Å²) in [6.07, 6.45) is 9.32. The molecule has 0 N–H and O–H groups in total. The molecule has 1 aliphatic heterocycles. The highest BCUT2D eigenvalue weighted by Crippen LogP contribution is 2.50. The van der Waals surface area contributed by atoms with E-state index in [1.165, 1.54) is 24.0 Å². The Balaban J connectivity index is 1.79. The minimum atomic E-state index is -0.891. The van der Waals surface area contributed by atoms with Crippen LogP contribution in [0.3, 0.4) is 0 Å². The van der Waals surface area contributed by atoms with Crippen LogP contribution in [0.15, 0.2) is 48.0 Å². The zero-order valence-corrected chi connectivity index (χ0v) is 22.8. The topological polar surface area (TPSA) is 42.2 Å². The van der Waals surface area contributed by atoms with Gasteiger partial charge < -0.3 is 9.47 Å². The Morgan fingerprint density at radius 2 is 1.83 bits per heavy atom. The molecule has 0 saturated heterocycles. The molecule has 0 aliphatic carbocycles. The quantitative estimate of drug-likeness (QED) is 0.305. The van der Waals surface area contributed by atoms with Gasteiger partial charge in [-0.3, -0.25) is 0 Å². The molecule has 0 fully saturated rings. The third-order valence-corrected chi connectivity index (χ3v) is 7.67. The second kappa shape index (κ2) is 11.8. The molecule has 3 nitrogen and oxygen atoms in total. The molecule has 4 unspecified atom stereocenters. The molecule has 3 heteroatoms. The number of fused-ring (bicyclic) bond motifs is 1. The summed E-state index contributed by atoms with van der Waals surface area (Å²) in [7, 11) is 0. The third kappa shape index (κ3) is 6.29. The van der Waals surface area contributed by atoms with Crippen LogP contribution in [0.4, 0.5) is 0 Å². The summed E-state index contributed by atoms with van der Waals surface area (Å²) in [5.74, 6) is 2.62. The molecule has 1 aliphatic rings. The molecule has 0 aromatic heterocycles. The van der Waals surface area contributed by atoms with Crippen LogP contribution in [-0.4, -0.2) is 0 Å². The smallest absolute Gasteiger partial charge is 0.275 e. The van der Waals surface area contributed by atoms with E-state index in [1.54, 1.807) is 0 Å². The average molecular weight is 474 g/mol. The van der Waals surface area contributed by atoms with E-state index in [9.17, 15) is 5.26 Å². The van der Waals surface area contributed by atoms with Gasteiger partial charge in [-0.15, -0.1) is 0 Å². The molecule has 0 bridgehead atoms. The van der Waals surface area contributed by atoms with Crippen LogP contribution in [0.25, 0.3) is 0 Å². The Morgan fingerprint density at radius 1 is 1.06 bits per heavy atom.